The molecule has 2 aromatic carbocycles. The van der Waals surface area contributed by atoms with Crippen LogP contribution in [-0.4, -0.2) is 35.4 Å². The molecular weight excluding hydrogens is 368 g/mol. The molecule has 1 saturated heterocycles. The lowest BCUT2D eigenvalue weighted by Gasteiger charge is -2.26. The standard InChI is InChI=1S/C22H28N4O3/c27-22(12-13-23-20-6-2-3-7-21(20)26(28)29)24-16-18-8-10-19(11-9-18)17-25-14-4-1-5-15-25/h2-3,6-11,23H,1,4-5,12-17H2,(H,24,27). The molecule has 7 nitrogen and oxygen atoms in total. The van der Waals surface area contributed by atoms with Crippen LogP contribution < -0.4 is 10.6 Å². The molecule has 1 aliphatic heterocycles. The number of benzene rings is 2. The van der Waals surface area contributed by atoms with Crippen LogP contribution in [0.15, 0.2) is 48.5 Å². The average Bonchev–Trinajstić information content (AvgIpc) is 2.74. The van der Waals surface area contributed by atoms with Crippen molar-refractivity contribution in [3.63, 3.8) is 0 Å². The van der Waals surface area contributed by atoms with Crippen LogP contribution in [0.2, 0.25) is 0 Å². The second-order valence-electron chi connectivity index (χ2n) is 7.38. The van der Waals surface area contributed by atoms with E-state index in [2.05, 4.69) is 39.8 Å². The van der Waals surface area contributed by atoms with E-state index in [0.717, 1.165) is 12.1 Å². The first kappa shape index (κ1) is 20.8. The second kappa shape index (κ2) is 10.6. The minimum Gasteiger partial charge on any atom is -0.379 e. The van der Waals surface area contributed by atoms with E-state index in [1.807, 2.05) is 0 Å². The first-order chi connectivity index (χ1) is 14.1. The van der Waals surface area contributed by atoms with Gasteiger partial charge >= 0.3 is 0 Å². The average molecular weight is 396 g/mol. The maximum Gasteiger partial charge on any atom is 0.292 e. The van der Waals surface area contributed by atoms with Gasteiger partial charge in [0.15, 0.2) is 0 Å². The lowest BCUT2D eigenvalue weighted by molar-refractivity contribution is -0.384. The van der Waals surface area contributed by atoms with Gasteiger partial charge in [-0.1, -0.05) is 42.8 Å². The van der Waals surface area contributed by atoms with E-state index < -0.39 is 4.92 Å². The molecule has 1 amide bonds. The molecule has 2 N–H and O–H groups in total. The molecule has 7 heteroatoms. The molecule has 1 aliphatic rings. The first-order valence-electron chi connectivity index (χ1n) is 10.2. The van der Waals surface area contributed by atoms with Gasteiger partial charge in [0.2, 0.25) is 5.91 Å². The number of nitro benzene ring substituents is 1. The van der Waals surface area contributed by atoms with Crippen LogP contribution in [0.25, 0.3) is 0 Å². The fourth-order valence-corrected chi connectivity index (χ4v) is 3.52. The Kier molecular flexibility index (Phi) is 7.58. The molecule has 0 radical (unpaired) electrons. The first-order valence-corrected chi connectivity index (χ1v) is 10.2. The van der Waals surface area contributed by atoms with Crippen LogP contribution >= 0.6 is 0 Å². The van der Waals surface area contributed by atoms with Crippen molar-refractivity contribution in [2.75, 3.05) is 25.0 Å². The number of rotatable bonds is 9. The molecule has 1 heterocycles. The summed E-state index contributed by atoms with van der Waals surface area (Å²) in [6.07, 6.45) is 4.17. The van der Waals surface area contributed by atoms with Crippen LogP contribution in [0.3, 0.4) is 0 Å². The molecule has 0 bridgehead atoms. The summed E-state index contributed by atoms with van der Waals surface area (Å²) in [5, 5.41) is 16.9. The van der Waals surface area contributed by atoms with Gasteiger partial charge in [-0.3, -0.25) is 19.8 Å². The van der Waals surface area contributed by atoms with Gasteiger partial charge in [-0.25, -0.2) is 0 Å². The maximum absolute atomic E-state index is 12.1. The Morgan fingerprint density at radius 2 is 1.69 bits per heavy atom. The number of nitrogens with one attached hydrogen (secondary N) is 2. The highest BCUT2D eigenvalue weighted by atomic mass is 16.6. The predicted molar refractivity (Wildman–Crippen MR) is 114 cm³/mol. The molecule has 0 spiro atoms. The Morgan fingerprint density at radius 1 is 1.00 bits per heavy atom. The number of nitro groups is 1. The van der Waals surface area contributed by atoms with E-state index in [1.165, 1.54) is 44.0 Å². The number of hydrogen-bond acceptors (Lipinski definition) is 5. The lowest BCUT2D eigenvalue weighted by atomic mass is 10.1. The second-order valence-corrected chi connectivity index (χ2v) is 7.38. The summed E-state index contributed by atoms with van der Waals surface area (Å²) >= 11 is 0. The Morgan fingerprint density at radius 3 is 2.41 bits per heavy atom. The van der Waals surface area contributed by atoms with E-state index in [-0.39, 0.29) is 18.0 Å². The Labute approximate surface area is 171 Å². The van der Waals surface area contributed by atoms with Gasteiger partial charge in [0.25, 0.3) is 5.69 Å². The maximum atomic E-state index is 12.1. The van der Waals surface area contributed by atoms with Crippen molar-refractivity contribution in [1.82, 2.24) is 10.2 Å². The van der Waals surface area contributed by atoms with Crippen LogP contribution in [0.5, 0.6) is 0 Å². The molecule has 0 aliphatic carbocycles. The molecule has 1 fully saturated rings. The summed E-state index contributed by atoms with van der Waals surface area (Å²) in [4.78, 5) is 25.1. The molecular formula is C22H28N4O3. The summed E-state index contributed by atoms with van der Waals surface area (Å²) in [6.45, 7) is 4.17. The highest BCUT2D eigenvalue weighted by Gasteiger charge is 2.12. The lowest BCUT2D eigenvalue weighted by Crippen LogP contribution is -2.29. The number of anilines is 1. The van der Waals surface area contributed by atoms with Crippen LogP contribution in [0, 0.1) is 10.1 Å². The Bertz CT molecular complexity index is 817. The van der Waals surface area contributed by atoms with Crippen molar-refractivity contribution in [3.05, 3.63) is 69.8 Å². The number of likely N-dealkylation sites (tertiary alicyclic amines) is 1. The Balaban J connectivity index is 1.38. The largest absolute Gasteiger partial charge is 0.379 e. The van der Waals surface area contributed by atoms with Gasteiger partial charge in [-0.05, 0) is 43.1 Å². The summed E-state index contributed by atoms with van der Waals surface area (Å²) in [6, 6.07) is 14.8. The quantitative estimate of drug-likeness (QED) is 0.498. The molecule has 29 heavy (non-hydrogen) atoms. The van der Waals surface area contributed by atoms with E-state index >= 15 is 0 Å². The van der Waals surface area contributed by atoms with Crippen molar-refractivity contribution >= 4 is 17.3 Å². The SMILES string of the molecule is O=C(CCNc1ccccc1[N+](=O)[O-])NCc1ccc(CN2CCCCC2)cc1. The van der Waals surface area contributed by atoms with Gasteiger partial charge < -0.3 is 10.6 Å². The Hall–Kier alpha value is -2.93. The van der Waals surface area contributed by atoms with Gasteiger partial charge in [-0.15, -0.1) is 0 Å². The van der Waals surface area contributed by atoms with E-state index in [9.17, 15) is 14.9 Å². The van der Waals surface area contributed by atoms with E-state index in [4.69, 9.17) is 0 Å². The topological polar surface area (TPSA) is 87.5 Å². The third-order valence-electron chi connectivity index (χ3n) is 5.14. The molecule has 0 saturated carbocycles. The number of amides is 1. The molecule has 0 unspecified atom stereocenters. The molecule has 3 rings (SSSR count). The predicted octanol–water partition coefficient (Wildman–Crippen LogP) is 3.70. The number of piperidine rings is 1. The molecule has 2 aromatic rings. The monoisotopic (exact) mass is 396 g/mol. The number of hydrogen-bond donors (Lipinski definition) is 2. The number of carbonyl (C=O) groups excluding carboxylic acids is 1. The molecule has 0 atom stereocenters. The van der Waals surface area contributed by atoms with Crippen molar-refractivity contribution < 1.29 is 9.72 Å². The van der Waals surface area contributed by atoms with Crippen molar-refractivity contribution in [2.24, 2.45) is 0 Å². The van der Waals surface area contributed by atoms with Gasteiger partial charge in [0, 0.05) is 32.1 Å². The van der Waals surface area contributed by atoms with Crippen molar-refractivity contribution in [2.45, 2.75) is 38.8 Å². The molecule has 0 aromatic heterocycles. The van der Waals surface area contributed by atoms with Crippen molar-refractivity contribution in [1.29, 1.82) is 0 Å². The number of nitrogens with zero attached hydrogens (tertiary/aromatic N) is 2. The van der Waals surface area contributed by atoms with Gasteiger partial charge in [0.05, 0.1) is 4.92 Å². The summed E-state index contributed by atoms with van der Waals surface area (Å²) in [5.41, 5.74) is 2.80. The van der Waals surface area contributed by atoms with Gasteiger partial charge in [-0.2, -0.15) is 0 Å². The highest BCUT2D eigenvalue weighted by molar-refractivity contribution is 5.76. The van der Waals surface area contributed by atoms with E-state index in [1.54, 1.807) is 18.2 Å². The fourth-order valence-electron chi connectivity index (χ4n) is 3.52. The highest BCUT2D eigenvalue weighted by Crippen LogP contribution is 2.22. The summed E-state index contributed by atoms with van der Waals surface area (Å²) in [5.74, 6) is -0.0894. The zero-order valence-electron chi connectivity index (χ0n) is 16.6. The normalized spacial score (nSPS) is 14.3. The molecule has 154 valence electrons. The smallest absolute Gasteiger partial charge is 0.292 e. The van der Waals surface area contributed by atoms with Crippen LogP contribution in [0.4, 0.5) is 11.4 Å². The zero-order chi connectivity index (χ0) is 20.5. The van der Waals surface area contributed by atoms with Gasteiger partial charge in [0.1, 0.15) is 5.69 Å². The summed E-state index contributed by atoms with van der Waals surface area (Å²) < 4.78 is 0. The van der Waals surface area contributed by atoms with Crippen LogP contribution in [0.1, 0.15) is 36.8 Å². The number of carbonyl (C=O) groups is 1. The van der Waals surface area contributed by atoms with Crippen molar-refractivity contribution in [3.8, 4) is 0 Å². The summed E-state index contributed by atoms with van der Waals surface area (Å²) in [7, 11) is 0. The third kappa shape index (κ3) is 6.57. The number of para-hydroxylation sites is 2. The minimum absolute atomic E-state index is 0.0116. The third-order valence-corrected chi connectivity index (χ3v) is 5.14. The zero-order valence-corrected chi connectivity index (χ0v) is 16.6. The van der Waals surface area contributed by atoms with E-state index in [0.29, 0.717) is 18.8 Å². The van der Waals surface area contributed by atoms with Crippen LogP contribution in [-0.2, 0) is 17.9 Å². The minimum atomic E-state index is -0.433. The fraction of sp³-hybridized carbons (Fsp3) is 0.409.